The van der Waals surface area contributed by atoms with E-state index < -0.39 is 11.9 Å². The Kier molecular flexibility index (Phi) is 2.84. The van der Waals surface area contributed by atoms with Crippen molar-refractivity contribution in [1.82, 2.24) is 19.6 Å². The van der Waals surface area contributed by atoms with Gasteiger partial charge in [0.1, 0.15) is 23.3 Å². The first-order valence-corrected chi connectivity index (χ1v) is 5.30. The van der Waals surface area contributed by atoms with Gasteiger partial charge in [-0.3, -0.25) is 4.79 Å². The molecule has 90 valence electrons. The highest BCUT2D eigenvalue weighted by Crippen LogP contribution is 2.22. The van der Waals surface area contributed by atoms with E-state index in [1.807, 2.05) is 0 Å². The summed E-state index contributed by atoms with van der Waals surface area (Å²) in [4.78, 5) is 19.0. The fourth-order valence-corrected chi connectivity index (χ4v) is 1.51. The first kappa shape index (κ1) is 11.6. The number of hydrogen-bond donors (Lipinski definition) is 2. The molecule has 0 aliphatic rings. The van der Waals surface area contributed by atoms with Crippen molar-refractivity contribution in [3.05, 3.63) is 17.0 Å². The van der Waals surface area contributed by atoms with Crippen LogP contribution in [-0.2, 0) is 4.79 Å². The number of amides is 1. The van der Waals surface area contributed by atoms with Gasteiger partial charge in [0, 0.05) is 5.56 Å². The summed E-state index contributed by atoms with van der Waals surface area (Å²) in [5.41, 5.74) is 5.87. The molecule has 1 atom stereocenters. The molecule has 0 saturated carbocycles. The van der Waals surface area contributed by atoms with Crippen molar-refractivity contribution in [2.75, 3.05) is 5.32 Å². The number of halogens is 1. The highest BCUT2D eigenvalue weighted by atomic mass is 35.5. The standard InChI is InChI=1S/C9H11ClN6O/c1-4-6(10)15-9-12-3-13-16(9)8(4)14-5(2)7(11)17/h3,5,14H,1-2H3,(H2,11,17). The zero-order chi connectivity index (χ0) is 12.6. The van der Waals surface area contributed by atoms with Gasteiger partial charge in [0.05, 0.1) is 0 Å². The van der Waals surface area contributed by atoms with Gasteiger partial charge >= 0.3 is 0 Å². The van der Waals surface area contributed by atoms with E-state index in [9.17, 15) is 4.79 Å². The van der Waals surface area contributed by atoms with Crippen molar-refractivity contribution in [2.45, 2.75) is 19.9 Å². The second kappa shape index (κ2) is 4.17. The second-order valence-electron chi connectivity index (χ2n) is 3.62. The Morgan fingerprint density at radius 3 is 3.00 bits per heavy atom. The van der Waals surface area contributed by atoms with Crippen LogP contribution in [0.5, 0.6) is 0 Å². The fraction of sp³-hybridized carbons (Fsp3) is 0.333. The van der Waals surface area contributed by atoms with Gasteiger partial charge in [-0.1, -0.05) is 11.6 Å². The van der Waals surface area contributed by atoms with Crippen molar-refractivity contribution in [1.29, 1.82) is 0 Å². The highest BCUT2D eigenvalue weighted by molar-refractivity contribution is 6.30. The van der Waals surface area contributed by atoms with Gasteiger partial charge in [-0.25, -0.2) is 0 Å². The molecule has 8 heteroatoms. The largest absolute Gasteiger partial charge is 0.368 e. The minimum atomic E-state index is -0.542. The van der Waals surface area contributed by atoms with Crippen LogP contribution in [0.15, 0.2) is 6.33 Å². The number of hydrogen-bond acceptors (Lipinski definition) is 5. The molecule has 0 aliphatic heterocycles. The van der Waals surface area contributed by atoms with Gasteiger partial charge in [0.15, 0.2) is 0 Å². The van der Waals surface area contributed by atoms with Crippen molar-refractivity contribution in [2.24, 2.45) is 5.73 Å². The lowest BCUT2D eigenvalue weighted by atomic mass is 10.3. The molecule has 2 heterocycles. The van der Waals surface area contributed by atoms with E-state index in [2.05, 4.69) is 20.4 Å². The number of nitrogens with two attached hydrogens (primary N) is 1. The Morgan fingerprint density at radius 2 is 2.35 bits per heavy atom. The molecule has 0 saturated heterocycles. The highest BCUT2D eigenvalue weighted by Gasteiger charge is 2.16. The summed E-state index contributed by atoms with van der Waals surface area (Å²) in [5, 5.41) is 7.25. The van der Waals surface area contributed by atoms with Crippen LogP contribution in [0.3, 0.4) is 0 Å². The van der Waals surface area contributed by atoms with E-state index in [4.69, 9.17) is 17.3 Å². The minimum Gasteiger partial charge on any atom is -0.368 e. The molecule has 1 unspecified atom stereocenters. The van der Waals surface area contributed by atoms with Crippen LogP contribution >= 0.6 is 11.6 Å². The third-order valence-corrected chi connectivity index (χ3v) is 2.75. The number of aromatic nitrogens is 4. The second-order valence-corrected chi connectivity index (χ2v) is 3.97. The van der Waals surface area contributed by atoms with Crippen LogP contribution < -0.4 is 11.1 Å². The van der Waals surface area contributed by atoms with Crippen LogP contribution in [0.1, 0.15) is 12.5 Å². The van der Waals surface area contributed by atoms with Gasteiger partial charge in [0.2, 0.25) is 5.91 Å². The first-order chi connectivity index (χ1) is 8.00. The summed E-state index contributed by atoms with van der Waals surface area (Å²) in [5.74, 6) is 0.453. The van der Waals surface area contributed by atoms with Crippen LogP contribution in [0, 0.1) is 6.92 Å². The normalized spacial score (nSPS) is 12.6. The molecule has 2 aromatic rings. The predicted molar refractivity (Wildman–Crippen MR) is 62.8 cm³/mol. The van der Waals surface area contributed by atoms with E-state index in [1.54, 1.807) is 13.8 Å². The van der Waals surface area contributed by atoms with Crippen LogP contribution in [-0.4, -0.2) is 31.5 Å². The summed E-state index contributed by atoms with van der Waals surface area (Å²) in [6, 6.07) is -0.542. The van der Waals surface area contributed by atoms with Gasteiger partial charge in [-0.2, -0.15) is 19.6 Å². The molecule has 0 aromatic carbocycles. The summed E-state index contributed by atoms with van der Waals surface area (Å²) < 4.78 is 1.47. The number of nitrogens with one attached hydrogen (secondary N) is 1. The molecule has 3 N–H and O–H groups in total. The molecule has 0 spiro atoms. The molecule has 2 aromatic heterocycles. The first-order valence-electron chi connectivity index (χ1n) is 4.92. The predicted octanol–water partition coefficient (Wildman–Crippen LogP) is 0.372. The van der Waals surface area contributed by atoms with Gasteiger partial charge < -0.3 is 11.1 Å². The summed E-state index contributed by atoms with van der Waals surface area (Å²) in [6.07, 6.45) is 1.36. The van der Waals surface area contributed by atoms with Crippen molar-refractivity contribution < 1.29 is 4.79 Å². The Labute approximate surface area is 102 Å². The van der Waals surface area contributed by atoms with Gasteiger partial charge in [-0.15, -0.1) is 0 Å². The lowest BCUT2D eigenvalue weighted by Crippen LogP contribution is -2.33. The third-order valence-electron chi connectivity index (χ3n) is 2.38. The molecular weight excluding hydrogens is 244 g/mol. The average molecular weight is 255 g/mol. The molecule has 0 radical (unpaired) electrons. The maximum Gasteiger partial charge on any atom is 0.255 e. The van der Waals surface area contributed by atoms with Crippen LogP contribution in [0.25, 0.3) is 5.78 Å². The number of fused-ring (bicyclic) bond motifs is 1. The summed E-state index contributed by atoms with van der Waals surface area (Å²) in [7, 11) is 0. The Morgan fingerprint density at radius 1 is 1.65 bits per heavy atom. The molecule has 0 fully saturated rings. The van der Waals surface area contributed by atoms with Crippen LogP contribution in [0.2, 0.25) is 5.15 Å². The van der Waals surface area contributed by atoms with Crippen molar-refractivity contribution >= 4 is 29.1 Å². The van der Waals surface area contributed by atoms with Crippen LogP contribution in [0.4, 0.5) is 5.82 Å². The SMILES string of the molecule is Cc1c(Cl)nc2ncnn2c1NC(C)C(N)=O. The molecule has 2 rings (SSSR count). The van der Waals surface area contributed by atoms with E-state index in [-0.39, 0.29) is 0 Å². The number of primary amides is 1. The lowest BCUT2D eigenvalue weighted by molar-refractivity contribution is -0.118. The Bertz CT molecular complexity index is 580. The number of anilines is 1. The van der Waals surface area contributed by atoms with Gasteiger partial charge in [0.25, 0.3) is 5.78 Å². The Balaban J connectivity index is 2.54. The zero-order valence-electron chi connectivity index (χ0n) is 9.31. The van der Waals surface area contributed by atoms with Gasteiger partial charge in [-0.05, 0) is 13.8 Å². The molecular formula is C9H11ClN6O. The average Bonchev–Trinajstić information content (AvgIpc) is 2.71. The quantitative estimate of drug-likeness (QED) is 0.771. The monoisotopic (exact) mass is 254 g/mol. The van der Waals surface area contributed by atoms with E-state index >= 15 is 0 Å². The minimum absolute atomic E-state index is 0.310. The van der Waals surface area contributed by atoms with Crippen molar-refractivity contribution in [3.63, 3.8) is 0 Å². The molecule has 7 nitrogen and oxygen atoms in total. The zero-order valence-corrected chi connectivity index (χ0v) is 10.1. The molecule has 0 aliphatic carbocycles. The van der Waals surface area contributed by atoms with Crippen molar-refractivity contribution in [3.8, 4) is 0 Å². The lowest BCUT2D eigenvalue weighted by Gasteiger charge is -2.15. The topological polar surface area (TPSA) is 98.2 Å². The van der Waals surface area contributed by atoms with E-state index in [1.165, 1.54) is 10.8 Å². The van der Waals surface area contributed by atoms with E-state index in [0.29, 0.717) is 22.3 Å². The smallest absolute Gasteiger partial charge is 0.255 e. The fourth-order valence-electron chi connectivity index (χ4n) is 1.34. The summed E-state index contributed by atoms with van der Waals surface area (Å²) in [6.45, 7) is 3.42. The molecule has 1 amide bonds. The number of carbonyl (C=O) groups is 1. The molecule has 17 heavy (non-hydrogen) atoms. The number of nitrogens with zero attached hydrogens (tertiary/aromatic N) is 4. The van der Waals surface area contributed by atoms with E-state index in [0.717, 1.165) is 0 Å². The maximum absolute atomic E-state index is 11.0. The Hall–Kier alpha value is -1.89. The molecule has 0 bridgehead atoms. The summed E-state index contributed by atoms with van der Waals surface area (Å²) >= 11 is 5.96. The number of rotatable bonds is 3. The number of carbonyl (C=O) groups excluding carboxylic acids is 1. The maximum atomic E-state index is 11.0. The third kappa shape index (κ3) is 2.01.